The molecule has 1 aliphatic rings. The van der Waals surface area contributed by atoms with E-state index in [-0.39, 0.29) is 6.17 Å². The Hall–Kier alpha value is -7.66. The van der Waals surface area contributed by atoms with Gasteiger partial charge in [0.2, 0.25) is 0 Å². The first-order valence-electron chi connectivity index (χ1n) is 20.7. The fourth-order valence-corrected chi connectivity index (χ4v) is 10.2. The summed E-state index contributed by atoms with van der Waals surface area (Å²) in [4.78, 5) is 10.4. The number of rotatable bonds is 6. The van der Waals surface area contributed by atoms with Crippen LogP contribution in [0.1, 0.15) is 22.9 Å². The van der Waals surface area contributed by atoms with Crippen molar-refractivity contribution in [3.8, 4) is 33.4 Å². The van der Waals surface area contributed by atoms with Crippen LogP contribution in [0.15, 0.2) is 222 Å². The predicted octanol–water partition coefficient (Wildman–Crippen LogP) is 15.0. The summed E-state index contributed by atoms with van der Waals surface area (Å²) in [6.45, 7) is 0. The Morgan fingerprint density at radius 3 is 1.34 bits per heavy atom. The number of amidine groups is 2. The zero-order valence-electron chi connectivity index (χ0n) is 33.1. The summed E-state index contributed by atoms with van der Waals surface area (Å²) in [6, 6.07) is 76.5. The molecule has 286 valence electrons. The molecule has 0 saturated carbocycles. The molecule has 0 amide bonds. The average Bonchev–Trinajstić information content (AvgIpc) is 3.72. The minimum absolute atomic E-state index is 0.269. The molecule has 11 aromatic rings. The minimum atomic E-state index is -0.269. The van der Waals surface area contributed by atoms with Crippen molar-refractivity contribution in [3.05, 3.63) is 229 Å². The van der Waals surface area contributed by atoms with Crippen molar-refractivity contribution in [2.75, 3.05) is 0 Å². The Labute approximate surface area is 357 Å². The lowest BCUT2D eigenvalue weighted by Gasteiger charge is -2.23. The summed E-state index contributed by atoms with van der Waals surface area (Å²) in [5, 5.41) is 13.9. The molecule has 1 aliphatic heterocycles. The molecule has 0 fully saturated rings. The molecule has 1 N–H and O–H groups in total. The van der Waals surface area contributed by atoms with Crippen LogP contribution in [0, 0.1) is 0 Å². The number of hydrogen-bond donors (Lipinski definition) is 1. The van der Waals surface area contributed by atoms with Crippen LogP contribution in [0.2, 0.25) is 0 Å². The van der Waals surface area contributed by atoms with Gasteiger partial charge in [-0.3, -0.25) is 0 Å². The van der Waals surface area contributed by atoms with E-state index in [1.807, 2.05) is 17.4 Å². The lowest BCUT2D eigenvalue weighted by molar-refractivity contribution is 0.674. The predicted molar refractivity (Wildman–Crippen MR) is 260 cm³/mol. The van der Waals surface area contributed by atoms with E-state index in [1.165, 1.54) is 80.3 Å². The molecular formula is C57H37N3S. The van der Waals surface area contributed by atoms with Crippen LogP contribution in [0.5, 0.6) is 0 Å². The molecule has 0 radical (unpaired) electrons. The third-order valence-electron chi connectivity index (χ3n) is 12.2. The summed E-state index contributed by atoms with van der Waals surface area (Å²) < 4.78 is 2.50. The van der Waals surface area contributed by atoms with E-state index in [0.29, 0.717) is 0 Å². The van der Waals surface area contributed by atoms with Crippen molar-refractivity contribution >= 4 is 75.5 Å². The van der Waals surface area contributed by atoms with Gasteiger partial charge in [0.05, 0.1) is 0 Å². The minimum Gasteiger partial charge on any atom is -0.344 e. The highest BCUT2D eigenvalue weighted by Gasteiger charge is 2.22. The average molecular weight is 796 g/mol. The number of nitrogens with one attached hydrogen (secondary N) is 1. The highest BCUT2D eigenvalue weighted by atomic mass is 32.1. The second kappa shape index (κ2) is 14.6. The van der Waals surface area contributed by atoms with Crippen molar-refractivity contribution in [1.29, 1.82) is 0 Å². The van der Waals surface area contributed by atoms with Crippen molar-refractivity contribution in [3.63, 3.8) is 0 Å². The SMILES string of the molecule is c1ccc(-c2ccc3c(c2)sc2cc(C4=NC(c5ccccc5)NC(c5ccc(-c6ccc(-c7ccc8c9ccccc9c9ccccc9c8c7)cc6)cc5)=N4)ccc23)cc1. The van der Waals surface area contributed by atoms with Crippen LogP contribution >= 0.6 is 11.3 Å². The molecule has 2 heterocycles. The van der Waals surface area contributed by atoms with Gasteiger partial charge in [-0.1, -0.05) is 194 Å². The van der Waals surface area contributed by atoms with Gasteiger partial charge in [-0.05, 0) is 89.5 Å². The van der Waals surface area contributed by atoms with E-state index < -0.39 is 0 Å². The summed E-state index contributed by atoms with van der Waals surface area (Å²) >= 11 is 1.82. The van der Waals surface area contributed by atoms with Gasteiger partial charge in [-0.2, -0.15) is 0 Å². The largest absolute Gasteiger partial charge is 0.344 e. The second-order valence-electron chi connectivity index (χ2n) is 15.8. The standard InChI is InChI=1S/C57H37N3S/c1-3-11-36(12-4-1)43-28-31-50-51-32-29-44(35-54(51)61-53(50)34-43)57-59-55(40-13-5-2-6-14-40)58-56(60-57)41-25-23-38(24-26-41)37-19-21-39(22-20-37)42-27-30-49-47-17-8-7-15-45(47)46-16-9-10-18-48(46)52(49)33-42/h1-35,55H,(H,58,59,60). The Morgan fingerprint density at radius 1 is 0.328 bits per heavy atom. The van der Waals surface area contributed by atoms with Crippen molar-refractivity contribution in [2.45, 2.75) is 6.17 Å². The number of nitrogens with zero attached hydrogens (tertiary/aromatic N) is 2. The summed E-state index contributed by atoms with van der Waals surface area (Å²) in [7, 11) is 0. The highest BCUT2D eigenvalue weighted by molar-refractivity contribution is 7.25. The number of fused-ring (bicyclic) bond motifs is 9. The first kappa shape index (κ1) is 35.3. The van der Waals surface area contributed by atoms with Gasteiger partial charge in [-0.15, -0.1) is 11.3 Å². The van der Waals surface area contributed by atoms with Crippen molar-refractivity contribution in [1.82, 2.24) is 5.32 Å². The van der Waals surface area contributed by atoms with Gasteiger partial charge in [-0.25, -0.2) is 9.98 Å². The van der Waals surface area contributed by atoms with Gasteiger partial charge in [0.1, 0.15) is 12.0 Å². The molecule has 0 bridgehead atoms. The van der Waals surface area contributed by atoms with Crippen molar-refractivity contribution < 1.29 is 0 Å². The zero-order valence-corrected chi connectivity index (χ0v) is 33.9. The molecule has 3 nitrogen and oxygen atoms in total. The van der Waals surface area contributed by atoms with Crippen molar-refractivity contribution in [2.24, 2.45) is 9.98 Å². The summed E-state index contributed by atoms with van der Waals surface area (Å²) in [5.41, 5.74) is 10.3. The molecule has 1 atom stereocenters. The molecule has 0 aliphatic carbocycles. The normalized spacial score (nSPS) is 14.1. The number of aliphatic imine (C=N–C) groups is 2. The van der Waals surface area contributed by atoms with Gasteiger partial charge in [0, 0.05) is 31.3 Å². The molecule has 12 rings (SSSR count). The molecule has 1 aromatic heterocycles. The van der Waals surface area contributed by atoms with E-state index >= 15 is 0 Å². The fraction of sp³-hybridized carbons (Fsp3) is 0.0175. The maximum Gasteiger partial charge on any atom is 0.159 e. The van der Waals surface area contributed by atoms with E-state index in [4.69, 9.17) is 9.98 Å². The van der Waals surface area contributed by atoms with E-state index in [1.54, 1.807) is 0 Å². The smallest absolute Gasteiger partial charge is 0.159 e. The maximum absolute atomic E-state index is 5.18. The fourth-order valence-electron chi connectivity index (χ4n) is 9.02. The Kier molecular flexibility index (Phi) is 8.43. The maximum atomic E-state index is 5.18. The van der Waals surface area contributed by atoms with E-state index in [9.17, 15) is 0 Å². The molecule has 0 saturated heterocycles. The molecule has 4 heteroatoms. The third kappa shape index (κ3) is 6.28. The Bertz CT molecular complexity index is 3500. The number of thiophene rings is 1. The summed E-state index contributed by atoms with van der Waals surface area (Å²) in [5.74, 6) is 1.53. The van der Waals surface area contributed by atoms with Crippen LogP contribution < -0.4 is 5.32 Å². The third-order valence-corrected chi connectivity index (χ3v) is 13.3. The lowest BCUT2D eigenvalue weighted by Crippen LogP contribution is -2.33. The first-order chi connectivity index (χ1) is 30.2. The first-order valence-corrected chi connectivity index (χ1v) is 21.6. The Morgan fingerprint density at radius 2 is 0.738 bits per heavy atom. The quantitative estimate of drug-likeness (QED) is 0.167. The molecule has 61 heavy (non-hydrogen) atoms. The van der Waals surface area contributed by atoms with Crippen LogP contribution in [-0.2, 0) is 0 Å². The molecule has 1 unspecified atom stereocenters. The van der Waals surface area contributed by atoms with Gasteiger partial charge >= 0.3 is 0 Å². The number of hydrogen-bond acceptors (Lipinski definition) is 4. The lowest BCUT2D eigenvalue weighted by atomic mass is 9.92. The molecule has 10 aromatic carbocycles. The van der Waals surface area contributed by atoms with Gasteiger partial charge in [0.15, 0.2) is 5.84 Å². The second-order valence-corrected chi connectivity index (χ2v) is 16.9. The zero-order chi connectivity index (χ0) is 40.3. The van der Waals surface area contributed by atoms with Gasteiger partial charge in [0.25, 0.3) is 0 Å². The van der Waals surface area contributed by atoms with E-state index in [2.05, 4.69) is 212 Å². The summed E-state index contributed by atoms with van der Waals surface area (Å²) in [6.07, 6.45) is -0.269. The number of benzene rings is 10. The topological polar surface area (TPSA) is 36.8 Å². The van der Waals surface area contributed by atoms with Crippen LogP contribution in [-0.4, -0.2) is 11.7 Å². The van der Waals surface area contributed by atoms with E-state index in [0.717, 1.165) is 33.9 Å². The van der Waals surface area contributed by atoms with Gasteiger partial charge < -0.3 is 5.32 Å². The highest BCUT2D eigenvalue weighted by Crippen LogP contribution is 2.39. The molecular weight excluding hydrogens is 759 g/mol. The van der Waals surface area contributed by atoms with Crippen LogP contribution in [0.3, 0.4) is 0 Å². The van der Waals surface area contributed by atoms with Crippen LogP contribution in [0.25, 0.3) is 85.9 Å². The molecule has 0 spiro atoms. The monoisotopic (exact) mass is 795 g/mol. The Balaban J connectivity index is 0.853. The van der Waals surface area contributed by atoms with Crippen LogP contribution in [0.4, 0.5) is 0 Å².